The molecule has 2 heterocycles. The molecule has 2 rings (SSSR count). The molecule has 0 aliphatic carbocycles. The minimum Gasteiger partial charge on any atom is -0.445 e. The summed E-state index contributed by atoms with van der Waals surface area (Å²) in [7, 11) is -1.99. The molecule has 2 saturated heterocycles. The third kappa shape index (κ3) is 15.6. The van der Waals surface area contributed by atoms with E-state index >= 15 is 0 Å². The molecule has 282 valence electrons. The average Bonchev–Trinajstić information content (AvgIpc) is 3.77. The van der Waals surface area contributed by atoms with Crippen LogP contribution in [-0.2, 0) is 55.3 Å². The van der Waals surface area contributed by atoms with Crippen molar-refractivity contribution >= 4 is 61.6 Å². The fourth-order valence-electron chi connectivity index (χ4n) is 4.49. The molecule has 16 nitrogen and oxygen atoms in total. The highest BCUT2D eigenvalue weighted by Crippen LogP contribution is 2.48. The van der Waals surface area contributed by atoms with Crippen LogP contribution in [0, 0.1) is 5.92 Å². The number of ether oxygens (including phenoxy) is 2. The Morgan fingerprint density at radius 3 is 1.96 bits per heavy atom. The van der Waals surface area contributed by atoms with Crippen LogP contribution in [0.2, 0.25) is 0 Å². The topological polar surface area (TPSA) is 183 Å². The molecule has 20 heteroatoms. The van der Waals surface area contributed by atoms with E-state index < -0.39 is 33.4 Å². The van der Waals surface area contributed by atoms with Gasteiger partial charge in [0.2, 0.25) is 5.12 Å². The summed E-state index contributed by atoms with van der Waals surface area (Å²) in [5.41, 5.74) is -0.846. The van der Waals surface area contributed by atoms with Crippen LogP contribution < -0.4 is 0 Å². The summed E-state index contributed by atoms with van der Waals surface area (Å²) in [6, 6.07) is 0. The maximum Gasteiger partial charge on any atom is 0.474 e. The first-order chi connectivity index (χ1) is 23.3. The van der Waals surface area contributed by atoms with Gasteiger partial charge in [-0.25, -0.2) is 18.7 Å². The Morgan fingerprint density at radius 1 is 0.816 bits per heavy atom. The average molecular weight is 777 g/mol. The summed E-state index contributed by atoms with van der Waals surface area (Å²) in [5.74, 6) is 0.679. The maximum absolute atomic E-state index is 12.6. The highest BCUT2D eigenvalue weighted by molar-refractivity contribution is 8.14. The molecule has 2 aliphatic rings. The number of amides is 2. The molecule has 49 heavy (non-hydrogen) atoms. The zero-order chi connectivity index (χ0) is 36.9. The molecule has 0 N–H and O–H groups in total. The van der Waals surface area contributed by atoms with Crippen molar-refractivity contribution in [1.29, 1.82) is 0 Å². The lowest BCUT2D eigenvalue weighted by molar-refractivity contribution is -0.119. The molecule has 2 aliphatic heterocycles. The van der Waals surface area contributed by atoms with Crippen molar-refractivity contribution in [3.8, 4) is 0 Å². The van der Waals surface area contributed by atoms with Crippen LogP contribution in [-0.4, -0.2) is 124 Å². The van der Waals surface area contributed by atoms with Crippen LogP contribution >= 0.6 is 39.2 Å². The Balaban J connectivity index is 0.000000494. The lowest BCUT2D eigenvalue weighted by Crippen LogP contribution is -2.50. The van der Waals surface area contributed by atoms with Crippen LogP contribution in [0.3, 0.4) is 0 Å². The highest BCUT2D eigenvalue weighted by atomic mass is 32.2. The quantitative estimate of drug-likeness (QED) is 0.0805. The molecule has 0 radical (unpaired) electrons. The number of hydrogen-bond donors (Lipinski definition) is 0. The second kappa shape index (κ2) is 23.7. The van der Waals surface area contributed by atoms with Gasteiger partial charge in [-0.2, -0.15) is 0 Å². The van der Waals surface area contributed by atoms with Gasteiger partial charge in [0.25, 0.3) is 0 Å². The molecular weight excluding hydrogens is 726 g/mol. The van der Waals surface area contributed by atoms with E-state index in [0.717, 1.165) is 18.2 Å². The second-order valence-corrected chi connectivity index (χ2v) is 16.4. The Bertz CT molecular complexity index is 1180. The standard InChI is InChI=1S/C16H28NO7PS.C13H22NO7PS/c1-5-11-23-15(19)17-10-8-9-16(17,2)14(18)26-13-7-6-12-24-25(20,21-3)22-4;1-4-7-20-13(16)14-6-5-11(10-14)12(15)23-9-8-21-22(17,18-2)19-3/h5H,1,6-13H2,2-4H3;4,11H,1,5-10H2,2-3H3. The number of unbranched alkanes of at least 4 members (excludes halogenated alkanes) is 1. The summed E-state index contributed by atoms with van der Waals surface area (Å²) >= 11 is 2.27. The Hall–Kier alpha value is -1.72. The third-order valence-corrected chi connectivity index (χ3v) is 12.2. The van der Waals surface area contributed by atoms with Crippen molar-refractivity contribution < 1.29 is 64.9 Å². The number of nitrogens with zero attached hydrogens (tertiary/aromatic N) is 2. The first-order valence-electron chi connectivity index (χ1n) is 15.4. The number of carbonyl (C=O) groups is 4. The van der Waals surface area contributed by atoms with E-state index in [1.165, 1.54) is 62.2 Å². The summed E-state index contributed by atoms with van der Waals surface area (Å²) in [4.78, 5) is 51.5. The molecule has 0 aromatic carbocycles. The van der Waals surface area contributed by atoms with E-state index in [4.69, 9.17) is 18.5 Å². The zero-order valence-corrected chi connectivity index (χ0v) is 32.3. The van der Waals surface area contributed by atoms with Gasteiger partial charge in [-0.1, -0.05) is 48.8 Å². The number of rotatable bonds is 20. The van der Waals surface area contributed by atoms with Gasteiger partial charge < -0.3 is 14.4 Å². The summed E-state index contributed by atoms with van der Waals surface area (Å²) in [6.45, 7) is 10.7. The number of phosphoric acid groups is 2. The minimum atomic E-state index is -3.50. The Morgan fingerprint density at radius 2 is 1.39 bits per heavy atom. The lowest BCUT2D eigenvalue weighted by atomic mass is 10.0. The molecular formula is C29H50N2O14P2S2. The van der Waals surface area contributed by atoms with Gasteiger partial charge in [-0.3, -0.25) is 41.6 Å². The molecule has 2 fully saturated rings. The van der Waals surface area contributed by atoms with E-state index in [9.17, 15) is 28.3 Å². The van der Waals surface area contributed by atoms with Crippen molar-refractivity contribution in [3.05, 3.63) is 25.3 Å². The van der Waals surface area contributed by atoms with Gasteiger partial charge in [-0.15, -0.1) is 0 Å². The number of likely N-dealkylation sites (tertiary alicyclic amines) is 2. The zero-order valence-electron chi connectivity index (χ0n) is 28.9. The highest BCUT2D eigenvalue weighted by Gasteiger charge is 2.46. The van der Waals surface area contributed by atoms with Crippen LogP contribution in [0.4, 0.5) is 9.59 Å². The SMILES string of the molecule is C=CCOC(=O)N1CCC(C(=O)SCCOP(=O)(OC)OC)C1.C=CCOC(=O)N1CCCC1(C)C(=O)SCCCCOP(=O)(OC)OC. The number of hydrogen-bond acceptors (Lipinski definition) is 16. The fourth-order valence-corrected chi connectivity index (χ4v) is 7.85. The second-order valence-electron chi connectivity index (χ2n) is 10.5. The smallest absolute Gasteiger partial charge is 0.445 e. The van der Waals surface area contributed by atoms with E-state index in [0.29, 0.717) is 56.8 Å². The van der Waals surface area contributed by atoms with E-state index in [1.807, 2.05) is 0 Å². The van der Waals surface area contributed by atoms with Gasteiger partial charge in [-0.05, 0) is 39.0 Å². The van der Waals surface area contributed by atoms with Crippen LogP contribution in [0.25, 0.3) is 0 Å². The van der Waals surface area contributed by atoms with Crippen LogP contribution in [0.1, 0.15) is 39.0 Å². The fraction of sp³-hybridized carbons (Fsp3) is 0.724. The van der Waals surface area contributed by atoms with Gasteiger partial charge in [0, 0.05) is 65.5 Å². The van der Waals surface area contributed by atoms with Crippen molar-refractivity contribution in [1.82, 2.24) is 9.80 Å². The van der Waals surface area contributed by atoms with E-state index in [2.05, 4.69) is 31.3 Å². The van der Waals surface area contributed by atoms with E-state index in [-0.39, 0.29) is 42.6 Å². The van der Waals surface area contributed by atoms with Crippen molar-refractivity contribution in [3.63, 3.8) is 0 Å². The van der Waals surface area contributed by atoms with Crippen molar-refractivity contribution in [2.24, 2.45) is 5.92 Å². The Kier molecular flexibility index (Phi) is 21.9. The lowest BCUT2D eigenvalue weighted by Gasteiger charge is -2.32. The predicted molar refractivity (Wildman–Crippen MR) is 186 cm³/mol. The number of thioether (sulfide) groups is 2. The molecule has 2 amide bonds. The predicted octanol–water partition coefficient (Wildman–Crippen LogP) is 5.93. The largest absolute Gasteiger partial charge is 0.474 e. The Labute approximate surface area is 297 Å². The van der Waals surface area contributed by atoms with Crippen LogP contribution in [0.5, 0.6) is 0 Å². The maximum atomic E-state index is 12.6. The van der Waals surface area contributed by atoms with Gasteiger partial charge in [0.1, 0.15) is 18.8 Å². The van der Waals surface area contributed by atoms with E-state index in [1.54, 1.807) is 6.92 Å². The molecule has 2 atom stereocenters. The molecule has 2 unspecified atom stereocenters. The van der Waals surface area contributed by atoms with Crippen LogP contribution in [0.15, 0.2) is 25.3 Å². The molecule has 0 aromatic heterocycles. The molecule has 0 saturated carbocycles. The van der Waals surface area contributed by atoms with Crippen molar-refractivity contribution in [2.75, 3.05) is 86.0 Å². The summed E-state index contributed by atoms with van der Waals surface area (Å²) in [6.07, 6.45) is 5.36. The number of phosphoric ester groups is 2. The van der Waals surface area contributed by atoms with Crippen molar-refractivity contribution in [2.45, 2.75) is 44.6 Å². The monoisotopic (exact) mass is 776 g/mol. The van der Waals surface area contributed by atoms with Gasteiger partial charge in [0.05, 0.1) is 13.2 Å². The first kappa shape index (κ1) is 45.3. The molecule has 0 spiro atoms. The third-order valence-electron chi connectivity index (χ3n) is 7.22. The number of carbonyl (C=O) groups excluding carboxylic acids is 4. The van der Waals surface area contributed by atoms with Gasteiger partial charge >= 0.3 is 27.8 Å². The normalized spacial score (nSPS) is 19.2. The summed E-state index contributed by atoms with van der Waals surface area (Å²) < 4.78 is 62.0. The molecule has 0 aromatic rings. The molecule has 0 bridgehead atoms. The van der Waals surface area contributed by atoms with Gasteiger partial charge in [0.15, 0.2) is 5.12 Å². The minimum absolute atomic E-state index is 0.0303. The first-order valence-corrected chi connectivity index (χ1v) is 20.3. The summed E-state index contributed by atoms with van der Waals surface area (Å²) in [5, 5.41) is -0.0804.